The number of halogens is 1. The zero-order chi connectivity index (χ0) is 13.4. The van der Waals surface area contributed by atoms with Crippen LogP contribution in [0.5, 0.6) is 0 Å². The summed E-state index contributed by atoms with van der Waals surface area (Å²) in [5, 5.41) is 9.73. The van der Waals surface area contributed by atoms with E-state index < -0.39 is 11.3 Å². The van der Waals surface area contributed by atoms with Gasteiger partial charge in [-0.15, -0.1) is 11.6 Å². The quantitative estimate of drug-likeness (QED) is 0.449. The smallest absolute Gasteiger partial charge is 0.549 e. The van der Waals surface area contributed by atoms with E-state index in [1.165, 1.54) is 12.8 Å². The number of alkyl halides is 1. The molecule has 0 saturated heterocycles. The number of hydrogen-bond donors (Lipinski definition) is 0. The van der Waals surface area contributed by atoms with Gasteiger partial charge >= 0.3 is 29.6 Å². The van der Waals surface area contributed by atoms with Crippen molar-refractivity contribution in [1.29, 1.82) is 0 Å². The van der Waals surface area contributed by atoms with Crippen molar-refractivity contribution in [2.24, 2.45) is 17.8 Å². The Morgan fingerprint density at radius 1 is 1.06 bits per heavy atom. The molecule has 0 aromatic heterocycles. The monoisotopic (exact) mass is 284 g/mol. The van der Waals surface area contributed by atoms with Crippen LogP contribution in [0.1, 0.15) is 59.8 Å². The largest absolute Gasteiger partial charge is 1.00 e. The fourth-order valence-electron chi connectivity index (χ4n) is 1.93. The Morgan fingerprint density at radius 3 is 2.06 bits per heavy atom. The van der Waals surface area contributed by atoms with E-state index in [4.69, 9.17) is 11.6 Å². The van der Waals surface area contributed by atoms with E-state index >= 15 is 0 Å². The van der Waals surface area contributed by atoms with Gasteiger partial charge in [-0.25, -0.2) is 0 Å². The van der Waals surface area contributed by atoms with E-state index in [0.717, 1.165) is 31.1 Å². The zero-order valence-electron chi connectivity index (χ0n) is 12.5. The molecule has 0 rings (SSSR count). The first-order valence-electron chi connectivity index (χ1n) is 6.69. The molecule has 0 spiro atoms. The molecule has 3 unspecified atom stereocenters. The topological polar surface area (TPSA) is 40.1 Å². The second-order valence-electron chi connectivity index (χ2n) is 5.71. The van der Waals surface area contributed by atoms with Gasteiger partial charge in [-0.2, -0.15) is 0 Å². The maximum absolute atomic E-state index is 10.6. The van der Waals surface area contributed by atoms with Crippen molar-refractivity contribution in [3.05, 3.63) is 0 Å². The summed E-state index contributed by atoms with van der Waals surface area (Å²) >= 11 is 5.72. The molecule has 102 valence electrons. The van der Waals surface area contributed by atoms with Crippen molar-refractivity contribution in [2.75, 3.05) is 0 Å². The van der Waals surface area contributed by atoms with Crippen LogP contribution in [-0.2, 0) is 4.79 Å². The summed E-state index contributed by atoms with van der Waals surface area (Å²) in [6.45, 7) is 8.63. The van der Waals surface area contributed by atoms with Gasteiger partial charge in [0.05, 0.1) is 11.3 Å². The number of hydrogen-bond acceptors (Lipinski definition) is 2. The molecule has 0 bridgehead atoms. The van der Waals surface area contributed by atoms with E-state index in [9.17, 15) is 9.90 Å². The van der Waals surface area contributed by atoms with Crippen LogP contribution in [0.4, 0.5) is 0 Å². The van der Waals surface area contributed by atoms with Gasteiger partial charge in [0, 0.05) is 0 Å². The number of carboxylic acid groups (broad SMARTS) is 1. The second-order valence-corrected chi connectivity index (χ2v) is 6.18. The van der Waals surface area contributed by atoms with Crippen molar-refractivity contribution in [1.82, 2.24) is 0 Å². The molecule has 0 radical (unpaired) electrons. The molecule has 18 heavy (non-hydrogen) atoms. The molecule has 0 heterocycles. The molecule has 0 aliphatic carbocycles. The average molecular weight is 285 g/mol. The maximum atomic E-state index is 10.6. The molecule has 2 nitrogen and oxygen atoms in total. The van der Waals surface area contributed by atoms with Crippen LogP contribution in [0.15, 0.2) is 0 Å². The molecule has 0 amide bonds. The SMILES string of the molecule is CC(C)CCC(C)CCCC(C)C(Cl)C(=O)[O-].[Na+]. The van der Waals surface area contributed by atoms with Crippen LogP contribution in [0.2, 0.25) is 0 Å². The molecule has 4 heteroatoms. The minimum atomic E-state index is -1.15. The Morgan fingerprint density at radius 2 is 1.61 bits per heavy atom. The molecule has 0 fully saturated rings. The summed E-state index contributed by atoms with van der Waals surface area (Å²) in [6, 6.07) is 0. The van der Waals surface area contributed by atoms with Gasteiger partial charge in [-0.1, -0.05) is 53.4 Å². The van der Waals surface area contributed by atoms with Gasteiger partial charge in [0.1, 0.15) is 0 Å². The number of aliphatic carboxylic acids is 1. The maximum Gasteiger partial charge on any atom is 1.00 e. The zero-order valence-corrected chi connectivity index (χ0v) is 15.3. The predicted molar refractivity (Wildman–Crippen MR) is 70.9 cm³/mol. The summed E-state index contributed by atoms with van der Waals surface area (Å²) < 4.78 is 0. The predicted octanol–water partition coefficient (Wildman–Crippen LogP) is 0.226. The van der Waals surface area contributed by atoms with Crippen molar-refractivity contribution in [2.45, 2.75) is 65.2 Å². The Kier molecular flexibility index (Phi) is 13.5. The van der Waals surface area contributed by atoms with Crippen LogP contribution in [-0.4, -0.2) is 11.3 Å². The van der Waals surface area contributed by atoms with E-state index in [-0.39, 0.29) is 35.5 Å². The molecular weight excluding hydrogens is 259 g/mol. The van der Waals surface area contributed by atoms with Crippen LogP contribution < -0.4 is 34.7 Å². The van der Waals surface area contributed by atoms with E-state index in [0.29, 0.717) is 0 Å². The first kappa shape index (κ1) is 21.1. The number of carboxylic acids is 1. The van der Waals surface area contributed by atoms with Crippen molar-refractivity contribution in [3.63, 3.8) is 0 Å². The first-order valence-corrected chi connectivity index (χ1v) is 7.13. The first-order chi connectivity index (χ1) is 7.84. The summed E-state index contributed by atoms with van der Waals surface area (Å²) in [7, 11) is 0. The molecular formula is C14H26ClNaO2. The molecule has 0 N–H and O–H groups in total. The minimum Gasteiger partial charge on any atom is -0.549 e. The van der Waals surface area contributed by atoms with Crippen molar-refractivity contribution in [3.8, 4) is 0 Å². The summed E-state index contributed by atoms with van der Waals surface area (Å²) in [4.78, 5) is 10.6. The fraction of sp³-hybridized carbons (Fsp3) is 0.929. The van der Waals surface area contributed by atoms with Crippen molar-refractivity contribution >= 4 is 17.6 Å². The third kappa shape index (κ3) is 10.7. The van der Waals surface area contributed by atoms with Crippen LogP contribution in [0.25, 0.3) is 0 Å². The van der Waals surface area contributed by atoms with Gasteiger partial charge in [0.2, 0.25) is 0 Å². The molecule has 0 aliphatic heterocycles. The Hall–Kier alpha value is 0.760. The van der Waals surface area contributed by atoms with Gasteiger partial charge in [0.25, 0.3) is 0 Å². The number of rotatable bonds is 9. The standard InChI is InChI=1S/C14H27ClO2.Na/c1-10(2)8-9-11(3)6-5-7-12(4)13(15)14(16)17;/h10-13H,5-9H2,1-4H3,(H,16,17);/q;+1/p-1. The molecule has 0 aromatic carbocycles. The molecule has 0 saturated carbocycles. The third-order valence-corrected chi connectivity index (χ3v) is 3.93. The van der Waals surface area contributed by atoms with E-state index in [1.54, 1.807) is 0 Å². The van der Waals surface area contributed by atoms with E-state index in [2.05, 4.69) is 20.8 Å². The molecule has 3 atom stereocenters. The minimum absolute atomic E-state index is 0. The third-order valence-electron chi connectivity index (χ3n) is 3.32. The Bertz CT molecular complexity index is 222. The number of carbonyl (C=O) groups excluding carboxylic acids is 1. The van der Waals surface area contributed by atoms with Gasteiger partial charge in [0.15, 0.2) is 0 Å². The van der Waals surface area contributed by atoms with Crippen LogP contribution in [0.3, 0.4) is 0 Å². The van der Waals surface area contributed by atoms with Crippen LogP contribution >= 0.6 is 11.6 Å². The van der Waals surface area contributed by atoms with Crippen LogP contribution in [0, 0.1) is 17.8 Å². The van der Waals surface area contributed by atoms with Gasteiger partial charge in [-0.05, 0) is 24.2 Å². The second kappa shape index (κ2) is 11.6. The van der Waals surface area contributed by atoms with Gasteiger partial charge < -0.3 is 9.90 Å². The van der Waals surface area contributed by atoms with E-state index in [1.807, 2.05) is 6.92 Å². The van der Waals surface area contributed by atoms with Gasteiger partial charge in [-0.3, -0.25) is 0 Å². The Balaban J connectivity index is 0. The summed E-state index contributed by atoms with van der Waals surface area (Å²) in [5.41, 5.74) is 0. The fourth-order valence-corrected chi connectivity index (χ4v) is 2.06. The molecule has 0 aliphatic rings. The summed E-state index contributed by atoms with van der Waals surface area (Å²) in [6.07, 6.45) is 5.61. The average Bonchev–Trinajstić information content (AvgIpc) is 2.24. The Labute approximate surface area is 139 Å². The van der Waals surface area contributed by atoms with Crippen molar-refractivity contribution < 1.29 is 39.5 Å². The normalized spacial score (nSPS) is 15.9. The number of carbonyl (C=O) groups is 1. The molecule has 0 aromatic rings. The summed E-state index contributed by atoms with van der Waals surface area (Å²) in [5.74, 6) is 0.342.